The molecule has 2 aromatic heterocycles. The Morgan fingerprint density at radius 1 is 1.27 bits per heavy atom. The number of amides is 1. The molecule has 1 atom stereocenters. The Morgan fingerprint density at radius 2 is 2.15 bits per heavy atom. The van der Waals surface area contributed by atoms with Crippen molar-refractivity contribution in [1.29, 1.82) is 0 Å². The van der Waals surface area contributed by atoms with Crippen LogP contribution in [0.5, 0.6) is 11.5 Å². The molecular formula is C30H27FN4O4S. The van der Waals surface area contributed by atoms with Gasteiger partial charge in [-0.1, -0.05) is 19.9 Å². The van der Waals surface area contributed by atoms with Crippen LogP contribution in [-0.4, -0.2) is 27.6 Å². The molecule has 0 bridgehead atoms. The second-order valence-corrected chi connectivity index (χ2v) is 11.3. The zero-order chi connectivity index (χ0) is 27.9. The summed E-state index contributed by atoms with van der Waals surface area (Å²) in [6.45, 7) is 4.80. The van der Waals surface area contributed by atoms with E-state index in [4.69, 9.17) is 9.47 Å². The van der Waals surface area contributed by atoms with Gasteiger partial charge in [-0.2, -0.15) is 11.3 Å². The number of nitrogens with one attached hydrogen (secondary N) is 1. The Hall–Kier alpha value is -4.44. The number of thiophene rings is 1. The van der Waals surface area contributed by atoms with Crippen molar-refractivity contribution < 1.29 is 23.8 Å². The minimum Gasteiger partial charge on any atom is -0.506 e. The van der Waals surface area contributed by atoms with Crippen molar-refractivity contribution in [3.8, 4) is 11.5 Å². The lowest BCUT2D eigenvalue weighted by atomic mass is 9.85. The zero-order valence-corrected chi connectivity index (χ0v) is 22.7. The predicted octanol–water partition coefficient (Wildman–Crippen LogP) is 6.43. The third-order valence-corrected chi connectivity index (χ3v) is 7.62. The molecule has 0 fully saturated rings. The molecule has 10 heteroatoms. The third-order valence-electron chi connectivity index (χ3n) is 6.89. The van der Waals surface area contributed by atoms with Crippen LogP contribution in [0.1, 0.15) is 47.9 Å². The van der Waals surface area contributed by atoms with E-state index in [1.54, 1.807) is 35.6 Å². The van der Waals surface area contributed by atoms with E-state index < -0.39 is 17.8 Å². The minimum atomic E-state index is -0.998. The summed E-state index contributed by atoms with van der Waals surface area (Å²) in [7, 11) is 0. The van der Waals surface area contributed by atoms with Crippen molar-refractivity contribution in [3.63, 3.8) is 0 Å². The first-order valence-electron chi connectivity index (χ1n) is 12.8. The van der Waals surface area contributed by atoms with Crippen molar-refractivity contribution in [2.45, 2.75) is 32.9 Å². The number of allylic oxidation sites excluding steroid dienone is 1. The van der Waals surface area contributed by atoms with Gasteiger partial charge in [0.2, 0.25) is 0 Å². The Labute approximate surface area is 234 Å². The van der Waals surface area contributed by atoms with E-state index in [0.29, 0.717) is 48.2 Å². The van der Waals surface area contributed by atoms with Gasteiger partial charge >= 0.3 is 0 Å². The number of anilines is 2. The van der Waals surface area contributed by atoms with E-state index in [1.165, 1.54) is 35.6 Å². The molecule has 8 nitrogen and oxygen atoms in total. The van der Waals surface area contributed by atoms with E-state index in [9.17, 15) is 9.90 Å². The molecule has 0 aliphatic carbocycles. The summed E-state index contributed by atoms with van der Waals surface area (Å²) in [6, 6.07) is 10.4. The van der Waals surface area contributed by atoms with Crippen LogP contribution in [0, 0.1) is 11.2 Å². The number of benzene rings is 2. The number of phenols is 1. The highest BCUT2D eigenvalue weighted by Gasteiger charge is 2.43. The van der Waals surface area contributed by atoms with E-state index in [-0.39, 0.29) is 22.4 Å². The monoisotopic (exact) mass is 558 g/mol. The van der Waals surface area contributed by atoms with Crippen molar-refractivity contribution in [3.05, 3.63) is 106 Å². The Morgan fingerprint density at radius 3 is 2.90 bits per heavy atom. The number of aromatic nitrogens is 2. The molecule has 1 unspecified atom stereocenters. The fourth-order valence-corrected chi connectivity index (χ4v) is 5.65. The number of carbonyl (C=O) groups excluding carboxylic acids is 1. The third kappa shape index (κ3) is 4.86. The van der Waals surface area contributed by atoms with Crippen LogP contribution in [0.2, 0.25) is 0 Å². The highest BCUT2D eigenvalue weighted by Crippen LogP contribution is 2.50. The van der Waals surface area contributed by atoms with Gasteiger partial charge in [0.05, 0.1) is 24.2 Å². The van der Waals surface area contributed by atoms with Crippen LogP contribution in [0.15, 0.2) is 83.3 Å². The average molecular weight is 559 g/mol. The molecule has 40 heavy (non-hydrogen) atoms. The summed E-state index contributed by atoms with van der Waals surface area (Å²) in [4.78, 5) is 23.8. The van der Waals surface area contributed by atoms with Gasteiger partial charge in [-0.15, -0.1) is 0 Å². The van der Waals surface area contributed by atoms with Gasteiger partial charge in [0.25, 0.3) is 5.91 Å². The first kappa shape index (κ1) is 25.8. The molecule has 1 amide bonds. The predicted molar refractivity (Wildman–Crippen MR) is 150 cm³/mol. The smallest absolute Gasteiger partial charge is 0.279 e. The number of hydrogen-bond donors (Lipinski definition) is 2. The number of phenolic OH excluding ortho intramolecular Hbond substituents is 1. The van der Waals surface area contributed by atoms with Crippen molar-refractivity contribution in [2.75, 3.05) is 16.8 Å². The standard InChI is InChI=1S/C30H27FN4O4S/c1-30(2)13-22-28(39-17-30)27(20-7-6-19(12-21(20)31)38-15-18-8-11-40-16-18)35(29(37)23-14-32-9-10-33-23)24-4-3-5-25(36)26(24)34-22/h3-12,14,16,27,34,36H,13,15,17H2,1-2H3. The molecule has 0 spiro atoms. The van der Waals surface area contributed by atoms with Gasteiger partial charge in [-0.05, 0) is 53.1 Å². The molecule has 0 radical (unpaired) electrons. The molecule has 4 heterocycles. The molecule has 6 rings (SSSR count). The topological polar surface area (TPSA) is 96.8 Å². The molecule has 204 valence electrons. The zero-order valence-electron chi connectivity index (χ0n) is 21.9. The van der Waals surface area contributed by atoms with E-state index >= 15 is 4.39 Å². The lowest BCUT2D eigenvalue weighted by Crippen LogP contribution is -2.39. The summed E-state index contributed by atoms with van der Waals surface area (Å²) in [5.74, 6) is -0.371. The Kier molecular flexibility index (Phi) is 6.63. The Balaban J connectivity index is 1.51. The number of rotatable bonds is 5. The highest BCUT2D eigenvalue weighted by molar-refractivity contribution is 7.07. The average Bonchev–Trinajstić information content (AvgIpc) is 3.42. The van der Waals surface area contributed by atoms with Gasteiger partial charge in [0.15, 0.2) is 0 Å². The van der Waals surface area contributed by atoms with Gasteiger partial charge in [-0.3, -0.25) is 14.7 Å². The quantitative estimate of drug-likeness (QED) is 0.272. The number of ether oxygens (including phenoxy) is 2. The fraction of sp³-hybridized carbons (Fsp3) is 0.233. The first-order chi connectivity index (χ1) is 19.3. The van der Waals surface area contributed by atoms with Crippen LogP contribution in [-0.2, 0) is 11.3 Å². The minimum absolute atomic E-state index is 0.0528. The summed E-state index contributed by atoms with van der Waals surface area (Å²) in [5.41, 5.74) is 2.39. The molecule has 0 saturated carbocycles. The number of fused-ring (bicyclic) bond motifs is 1. The van der Waals surface area contributed by atoms with Crippen LogP contribution in [0.25, 0.3) is 0 Å². The largest absolute Gasteiger partial charge is 0.506 e. The molecule has 0 saturated heterocycles. The van der Waals surface area contributed by atoms with Crippen molar-refractivity contribution >= 4 is 28.6 Å². The maximum Gasteiger partial charge on any atom is 0.279 e. The first-order valence-corrected chi connectivity index (χ1v) is 13.7. The van der Waals surface area contributed by atoms with E-state index in [1.807, 2.05) is 16.8 Å². The maximum atomic E-state index is 16.0. The normalized spacial score (nSPS) is 17.7. The van der Waals surface area contributed by atoms with E-state index in [2.05, 4.69) is 29.1 Å². The second kappa shape index (κ2) is 10.3. The molecule has 2 aliphatic rings. The number of para-hydroxylation sites is 1. The number of nitrogens with zero attached hydrogens (tertiary/aromatic N) is 3. The molecule has 4 aromatic rings. The van der Waals surface area contributed by atoms with Crippen LogP contribution in [0.4, 0.5) is 15.8 Å². The molecule has 2 aromatic carbocycles. The summed E-state index contributed by atoms with van der Waals surface area (Å²) >= 11 is 1.56. The number of aromatic hydroxyl groups is 1. The number of hydrogen-bond acceptors (Lipinski definition) is 8. The number of carbonyl (C=O) groups is 1. The molecule has 2 aliphatic heterocycles. The van der Waals surface area contributed by atoms with Gasteiger partial charge < -0.3 is 19.9 Å². The molecular weight excluding hydrogens is 531 g/mol. The fourth-order valence-electron chi connectivity index (χ4n) is 4.99. The van der Waals surface area contributed by atoms with Gasteiger partial charge in [0.1, 0.15) is 47.1 Å². The van der Waals surface area contributed by atoms with Gasteiger partial charge in [-0.25, -0.2) is 9.37 Å². The second-order valence-electron chi connectivity index (χ2n) is 10.5. The molecule has 2 N–H and O–H groups in total. The number of halogens is 1. The lowest BCUT2D eigenvalue weighted by molar-refractivity contribution is 0.0756. The summed E-state index contributed by atoms with van der Waals surface area (Å²) in [6.07, 6.45) is 4.81. The van der Waals surface area contributed by atoms with Crippen molar-refractivity contribution in [1.82, 2.24) is 9.97 Å². The Bertz CT molecular complexity index is 1590. The SMILES string of the molecule is CC1(C)COC2=C(C1)Nc1c(O)cccc1N(C(=O)c1cnccn1)C2c1ccc(OCc2ccsc2)cc1F. The van der Waals surface area contributed by atoms with E-state index in [0.717, 1.165) is 5.56 Å². The summed E-state index contributed by atoms with van der Waals surface area (Å²) in [5, 5.41) is 18.1. The van der Waals surface area contributed by atoms with Crippen molar-refractivity contribution in [2.24, 2.45) is 5.41 Å². The van der Waals surface area contributed by atoms with Crippen LogP contribution >= 0.6 is 11.3 Å². The van der Waals surface area contributed by atoms with Crippen LogP contribution in [0.3, 0.4) is 0 Å². The lowest BCUT2D eigenvalue weighted by Gasteiger charge is -2.37. The van der Waals surface area contributed by atoms with Crippen LogP contribution < -0.4 is 15.0 Å². The highest BCUT2D eigenvalue weighted by atomic mass is 32.1. The van der Waals surface area contributed by atoms with Gasteiger partial charge in [0, 0.05) is 29.4 Å². The maximum absolute atomic E-state index is 16.0. The summed E-state index contributed by atoms with van der Waals surface area (Å²) < 4.78 is 28.2.